The number of hydrogen-bond acceptors (Lipinski definition) is 0. The number of hydrogen-bond donors (Lipinski definition) is 0. The van der Waals surface area contributed by atoms with Gasteiger partial charge in [-0.05, 0) is 40.5 Å². The molecular formula is C8H5BrClF3. The zero-order valence-electron chi connectivity index (χ0n) is 6.54. The molecule has 1 rings (SSSR count). The van der Waals surface area contributed by atoms with Gasteiger partial charge in [0.2, 0.25) is 0 Å². The van der Waals surface area contributed by atoms with Crippen LogP contribution in [0.5, 0.6) is 0 Å². The van der Waals surface area contributed by atoms with Crippen molar-refractivity contribution in [3.63, 3.8) is 0 Å². The molecule has 1 aromatic rings. The average molecular weight is 273 g/mol. The summed E-state index contributed by atoms with van der Waals surface area (Å²) in [5.41, 5.74) is -0.649. The van der Waals surface area contributed by atoms with Crippen LogP contribution in [0.1, 0.15) is 11.1 Å². The third kappa shape index (κ3) is 2.17. The molecular weight excluding hydrogens is 268 g/mol. The maximum atomic E-state index is 12.3. The number of rotatable bonds is 0. The Labute approximate surface area is 86.8 Å². The highest BCUT2D eigenvalue weighted by Crippen LogP contribution is 2.37. The molecule has 0 N–H and O–H groups in total. The highest BCUT2D eigenvalue weighted by atomic mass is 79.9. The van der Waals surface area contributed by atoms with Crippen LogP contribution in [0.2, 0.25) is 5.02 Å². The molecule has 0 saturated heterocycles. The van der Waals surface area contributed by atoms with Crippen LogP contribution < -0.4 is 0 Å². The fraction of sp³-hybridized carbons (Fsp3) is 0.250. The number of benzene rings is 1. The second-order valence-electron chi connectivity index (χ2n) is 2.53. The topological polar surface area (TPSA) is 0 Å². The first-order chi connectivity index (χ1) is 5.84. The van der Waals surface area contributed by atoms with E-state index in [1.165, 1.54) is 13.0 Å². The molecule has 0 nitrogen and oxygen atoms in total. The Bertz CT molecular complexity index is 333. The van der Waals surface area contributed by atoms with Crippen LogP contribution in [0.25, 0.3) is 0 Å². The lowest BCUT2D eigenvalue weighted by atomic mass is 10.1. The number of halogens is 5. The van der Waals surface area contributed by atoms with E-state index >= 15 is 0 Å². The number of alkyl halides is 3. The van der Waals surface area contributed by atoms with Crippen LogP contribution in [0.15, 0.2) is 16.6 Å². The van der Waals surface area contributed by atoms with Crippen LogP contribution in [-0.2, 0) is 6.18 Å². The zero-order chi connectivity index (χ0) is 10.2. The lowest BCUT2D eigenvalue weighted by Gasteiger charge is -2.11. The molecule has 0 aliphatic rings. The predicted octanol–water partition coefficient (Wildman–Crippen LogP) is 4.43. The maximum Gasteiger partial charge on any atom is 0.416 e. The Balaban J connectivity index is 3.35. The Hall–Kier alpha value is -0.220. The minimum atomic E-state index is -4.34. The molecule has 5 heteroatoms. The van der Waals surface area contributed by atoms with Crippen LogP contribution in [0, 0.1) is 6.92 Å². The molecule has 1 aromatic carbocycles. The molecule has 0 radical (unpaired) electrons. The van der Waals surface area contributed by atoms with E-state index in [0.29, 0.717) is 4.47 Å². The van der Waals surface area contributed by atoms with Gasteiger partial charge in [-0.2, -0.15) is 13.2 Å². The Morgan fingerprint density at radius 1 is 1.31 bits per heavy atom. The van der Waals surface area contributed by atoms with Crippen LogP contribution >= 0.6 is 27.5 Å². The normalized spacial score (nSPS) is 11.8. The summed E-state index contributed by atoms with van der Waals surface area (Å²) in [5, 5.41) is 0.106. The van der Waals surface area contributed by atoms with Crippen molar-refractivity contribution in [2.24, 2.45) is 0 Å². The summed E-state index contributed by atoms with van der Waals surface area (Å²) in [4.78, 5) is 0. The van der Waals surface area contributed by atoms with E-state index in [1.807, 2.05) is 0 Å². The summed E-state index contributed by atoms with van der Waals surface area (Å²) in [5.74, 6) is 0. The van der Waals surface area contributed by atoms with E-state index in [-0.39, 0.29) is 10.6 Å². The molecule has 0 heterocycles. The van der Waals surface area contributed by atoms with Gasteiger partial charge in [0.05, 0.1) is 10.6 Å². The van der Waals surface area contributed by atoms with Crippen LogP contribution in [-0.4, -0.2) is 0 Å². The first-order valence-corrected chi connectivity index (χ1v) is 4.53. The minimum absolute atomic E-state index is 0.0449. The molecule has 13 heavy (non-hydrogen) atoms. The third-order valence-electron chi connectivity index (χ3n) is 1.64. The lowest BCUT2D eigenvalue weighted by Crippen LogP contribution is -2.07. The molecule has 72 valence electrons. The largest absolute Gasteiger partial charge is 0.416 e. The monoisotopic (exact) mass is 272 g/mol. The molecule has 0 unspecified atom stereocenters. The van der Waals surface area contributed by atoms with Crippen molar-refractivity contribution in [1.82, 2.24) is 0 Å². The summed E-state index contributed by atoms with van der Waals surface area (Å²) in [7, 11) is 0. The quantitative estimate of drug-likeness (QED) is 0.656. The molecule has 0 amide bonds. The van der Waals surface area contributed by atoms with Crippen molar-refractivity contribution in [2.45, 2.75) is 13.1 Å². The zero-order valence-corrected chi connectivity index (χ0v) is 8.89. The van der Waals surface area contributed by atoms with Gasteiger partial charge in [0, 0.05) is 4.47 Å². The molecule has 0 saturated carbocycles. The van der Waals surface area contributed by atoms with Crippen molar-refractivity contribution in [3.05, 3.63) is 32.8 Å². The van der Waals surface area contributed by atoms with Gasteiger partial charge in [-0.3, -0.25) is 0 Å². The van der Waals surface area contributed by atoms with Gasteiger partial charge < -0.3 is 0 Å². The average Bonchev–Trinajstić information content (AvgIpc) is 1.98. The van der Waals surface area contributed by atoms with Crippen LogP contribution in [0.3, 0.4) is 0 Å². The van der Waals surface area contributed by atoms with Gasteiger partial charge in [-0.15, -0.1) is 0 Å². The molecule has 0 aromatic heterocycles. The molecule has 0 bridgehead atoms. The van der Waals surface area contributed by atoms with Crippen molar-refractivity contribution >= 4 is 27.5 Å². The van der Waals surface area contributed by atoms with E-state index in [0.717, 1.165) is 6.07 Å². The first kappa shape index (κ1) is 10.9. The van der Waals surface area contributed by atoms with Gasteiger partial charge in [0.15, 0.2) is 0 Å². The molecule has 0 aliphatic heterocycles. The van der Waals surface area contributed by atoms with E-state index < -0.39 is 11.7 Å². The predicted molar refractivity (Wildman–Crippen MR) is 48.9 cm³/mol. The fourth-order valence-corrected chi connectivity index (χ4v) is 1.55. The van der Waals surface area contributed by atoms with Crippen molar-refractivity contribution in [1.29, 1.82) is 0 Å². The Kier molecular flexibility index (Phi) is 2.92. The first-order valence-electron chi connectivity index (χ1n) is 3.36. The second kappa shape index (κ2) is 3.50. The summed E-state index contributed by atoms with van der Waals surface area (Å²) < 4.78 is 37.3. The van der Waals surface area contributed by atoms with Crippen molar-refractivity contribution < 1.29 is 13.2 Å². The Morgan fingerprint density at radius 3 is 2.31 bits per heavy atom. The van der Waals surface area contributed by atoms with Gasteiger partial charge in [0.25, 0.3) is 0 Å². The third-order valence-corrected chi connectivity index (χ3v) is 3.02. The summed E-state index contributed by atoms with van der Waals surface area (Å²) in [6.07, 6.45) is -4.34. The Morgan fingerprint density at radius 2 is 1.85 bits per heavy atom. The lowest BCUT2D eigenvalue weighted by molar-refractivity contribution is -0.138. The highest BCUT2D eigenvalue weighted by Gasteiger charge is 2.33. The summed E-state index contributed by atoms with van der Waals surface area (Å²) in [6, 6.07) is 2.30. The minimum Gasteiger partial charge on any atom is -0.166 e. The molecule has 0 fully saturated rings. The highest BCUT2D eigenvalue weighted by molar-refractivity contribution is 9.10. The maximum absolute atomic E-state index is 12.3. The fourth-order valence-electron chi connectivity index (χ4n) is 0.959. The molecule has 0 aliphatic carbocycles. The van der Waals surface area contributed by atoms with E-state index in [9.17, 15) is 13.2 Å². The summed E-state index contributed by atoms with van der Waals surface area (Å²) >= 11 is 8.69. The second-order valence-corrected chi connectivity index (χ2v) is 3.76. The van der Waals surface area contributed by atoms with Gasteiger partial charge in [0.1, 0.15) is 0 Å². The summed E-state index contributed by atoms with van der Waals surface area (Å²) in [6.45, 7) is 1.34. The smallest absolute Gasteiger partial charge is 0.166 e. The van der Waals surface area contributed by atoms with E-state index in [2.05, 4.69) is 15.9 Å². The standard InChI is InChI=1S/C8H5BrClF3/c1-4-5(8(11,12)13)2-3-6(9)7(4)10/h2-3H,1H3. The molecule has 0 spiro atoms. The SMILES string of the molecule is Cc1c(C(F)(F)F)ccc(Br)c1Cl. The molecule has 0 atom stereocenters. The van der Waals surface area contributed by atoms with E-state index in [4.69, 9.17) is 11.6 Å². The van der Waals surface area contributed by atoms with Gasteiger partial charge in [-0.25, -0.2) is 0 Å². The van der Waals surface area contributed by atoms with Crippen molar-refractivity contribution in [3.8, 4) is 0 Å². The van der Waals surface area contributed by atoms with E-state index in [1.54, 1.807) is 0 Å². The van der Waals surface area contributed by atoms with Gasteiger partial charge in [-0.1, -0.05) is 11.6 Å². The van der Waals surface area contributed by atoms with Gasteiger partial charge >= 0.3 is 6.18 Å². The van der Waals surface area contributed by atoms with Crippen molar-refractivity contribution in [2.75, 3.05) is 0 Å². The van der Waals surface area contributed by atoms with Crippen LogP contribution in [0.4, 0.5) is 13.2 Å².